The highest BCUT2D eigenvalue weighted by Crippen LogP contribution is 2.25. The highest BCUT2D eigenvalue weighted by atomic mass is 16.5. The van der Waals surface area contributed by atoms with Gasteiger partial charge in [-0.2, -0.15) is 0 Å². The van der Waals surface area contributed by atoms with Gasteiger partial charge in [0.15, 0.2) is 0 Å². The van der Waals surface area contributed by atoms with Crippen molar-refractivity contribution in [1.82, 2.24) is 0 Å². The van der Waals surface area contributed by atoms with Crippen LogP contribution in [0.4, 0.5) is 5.69 Å². The van der Waals surface area contributed by atoms with Crippen molar-refractivity contribution in [1.29, 1.82) is 0 Å². The first-order chi connectivity index (χ1) is 6.79. The highest BCUT2D eigenvalue weighted by Gasteiger charge is 2.16. The van der Waals surface area contributed by atoms with E-state index in [9.17, 15) is 0 Å². The van der Waals surface area contributed by atoms with Gasteiger partial charge in [0.25, 0.3) is 0 Å². The SMILES string of the molecule is COCC1CCc2ccc(C)cc2N1. The van der Waals surface area contributed by atoms with Crippen molar-refractivity contribution in [2.45, 2.75) is 25.8 Å². The van der Waals surface area contributed by atoms with E-state index in [2.05, 4.69) is 30.4 Å². The highest BCUT2D eigenvalue weighted by molar-refractivity contribution is 5.55. The third kappa shape index (κ3) is 1.90. The van der Waals surface area contributed by atoms with Crippen LogP contribution in [0, 0.1) is 6.92 Å². The second-order valence-corrected chi connectivity index (χ2v) is 4.00. The molecule has 1 aliphatic heterocycles. The summed E-state index contributed by atoms with van der Waals surface area (Å²) in [6, 6.07) is 7.10. The minimum absolute atomic E-state index is 0.481. The second-order valence-electron chi connectivity index (χ2n) is 4.00. The van der Waals surface area contributed by atoms with Crippen molar-refractivity contribution in [2.24, 2.45) is 0 Å². The largest absolute Gasteiger partial charge is 0.383 e. The molecule has 2 heteroatoms. The molecular formula is C12H17NO. The molecule has 76 valence electrons. The molecule has 0 radical (unpaired) electrons. The van der Waals surface area contributed by atoms with Gasteiger partial charge >= 0.3 is 0 Å². The third-order valence-corrected chi connectivity index (χ3v) is 2.75. The fourth-order valence-electron chi connectivity index (χ4n) is 1.99. The first-order valence-electron chi connectivity index (χ1n) is 5.14. The van der Waals surface area contributed by atoms with Crippen molar-refractivity contribution in [3.8, 4) is 0 Å². The average Bonchev–Trinajstić information content (AvgIpc) is 2.17. The molecule has 1 aliphatic rings. The zero-order chi connectivity index (χ0) is 9.97. The molecule has 1 heterocycles. The number of fused-ring (bicyclic) bond motifs is 1. The molecule has 0 aromatic heterocycles. The van der Waals surface area contributed by atoms with E-state index in [4.69, 9.17) is 4.74 Å². The molecule has 0 amide bonds. The molecule has 2 nitrogen and oxygen atoms in total. The Morgan fingerprint density at radius 2 is 2.36 bits per heavy atom. The fourth-order valence-corrected chi connectivity index (χ4v) is 1.99. The predicted molar refractivity (Wildman–Crippen MR) is 58.8 cm³/mol. The minimum atomic E-state index is 0.481. The molecule has 2 rings (SSSR count). The lowest BCUT2D eigenvalue weighted by Gasteiger charge is -2.26. The van der Waals surface area contributed by atoms with Crippen LogP contribution in [-0.2, 0) is 11.2 Å². The molecule has 14 heavy (non-hydrogen) atoms. The maximum absolute atomic E-state index is 5.16. The van der Waals surface area contributed by atoms with E-state index in [1.165, 1.54) is 23.2 Å². The molecule has 0 saturated heterocycles. The van der Waals surface area contributed by atoms with Crippen LogP contribution in [0.25, 0.3) is 0 Å². The van der Waals surface area contributed by atoms with Gasteiger partial charge < -0.3 is 10.1 Å². The van der Waals surface area contributed by atoms with E-state index in [1.54, 1.807) is 7.11 Å². The van der Waals surface area contributed by atoms with Gasteiger partial charge in [-0.15, -0.1) is 0 Å². The van der Waals surface area contributed by atoms with Crippen LogP contribution in [0.15, 0.2) is 18.2 Å². The summed E-state index contributed by atoms with van der Waals surface area (Å²) < 4.78 is 5.16. The Hall–Kier alpha value is -1.02. The summed E-state index contributed by atoms with van der Waals surface area (Å²) >= 11 is 0. The molecule has 1 atom stereocenters. The standard InChI is InChI=1S/C12H17NO/c1-9-3-4-10-5-6-11(8-14-2)13-12(10)7-9/h3-4,7,11,13H,5-6,8H2,1-2H3. The van der Waals surface area contributed by atoms with Crippen LogP contribution in [0.1, 0.15) is 17.5 Å². The molecular weight excluding hydrogens is 174 g/mol. The van der Waals surface area contributed by atoms with Gasteiger partial charge in [-0.3, -0.25) is 0 Å². The van der Waals surface area contributed by atoms with Gasteiger partial charge in [0.1, 0.15) is 0 Å². The van der Waals surface area contributed by atoms with Gasteiger partial charge in [-0.1, -0.05) is 12.1 Å². The normalized spacial score (nSPS) is 20.0. The molecule has 1 aromatic rings. The Morgan fingerprint density at radius 1 is 1.50 bits per heavy atom. The Balaban J connectivity index is 2.16. The number of hydrogen-bond acceptors (Lipinski definition) is 2. The lowest BCUT2D eigenvalue weighted by atomic mass is 9.97. The first-order valence-corrected chi connectivity index (χ1v) is 5.14. The quantitative estimate of drug-likeness (QED) is 0.775. The lowest BCUT2D eigenvalue weighted by Crippen LogP contribution is -2.29. The number of aryl methyl sites for hydroxylation is 2. The number of nitrogens with one attached hydrogen (secondary N) is 1. The van der Waals surface area contributed by atoms with Gasteiger partial charge in [-0.05, 0) is 37.0 Å². The molecule has 1 unspecified atom stereocenters. The summed E-state index contributed by atoms with van der Waals surface area (Å²) in [6.07, 6.45) is 2.33. The maximum Gasteiger partial charge on any atom is 0.0664 e. The van der Waals surface area contributed by atoms with Crippen molar-refractivity contribution in [3.05, 3.63) is 29.3 Å². The van der Waals surface area contributed by atoms with Crippen molar-refractivity contribution in [2.75, 3.05) is 19.0 Å². The van der Waals surface area contributed by atoms with Crippen molar-refractivity contribution >= 4 is 5.69 Å². The first kappa shape index (κ1) is 9.53. The summed E-state index contributed by atoms with van der Waals surface area (Å²) in [5.41, 5.74) is 4.04. The predicted octanol–water partition coefficient (Wildman–Crippen LogP) is 2.37. The van der Waals surface area contributed by atoms with Crippen LogP contribution in [0.3, 0.4) is 0 Å². The Bertz CT molecular complexity index is 322. The lowest BCUT2D eigenvalue weighted by molar-refractivity contribution is 0.182. The summed E-state index contributed by atoms with van der Waals surface area (Å²) in [5.74, 6) is 0. The van der Waals surface area contributed by atoms with Crippen LogP contribution < -0.4 is 5.32 Å². The van der Waals surface area contributed by atoms with Crippen LogP contribution in [0.2, 0.25) is 0 Å². The zero-order valence-electron chi connectivity index (χ0n) is 8.84. The van der Waals surface area contributed by atoms with Gasteiger partial charge in [0, 0.05) is 18.8 Å². The summed E-state index contributed by atoms with van der Waals surface area (Å²) in [5, 5.41) is 3.51. The molecule has 1 N–H and O–H groups in total. The number of methoxy groups -OCH3 is 1. The maximum atomic E-state index is 5.16. The average molecular weight is 191 g/mol. The molecule has 0 fully saturated rings. The van der Waals surface area contributed by atoms with Crippen molar-refractivity contribution in [3.63, 3.8) is 0 Å². The topological polar surface area (TPSA) is 21.3 Å². The van der Waals surface area contributed by atoms with Crippen LogP contribution in [-0.4, -0.2) is 19.8 Å². The van der Waals surface area contributed by atoms with Crippen molar-refractivity contribution < 1.29 is 4.74 Å². The van der Waals surface area contributed by atoms with Gasteiger partial charge in [0.05, 0.1) is 6.61 Å². The number of anilines is 1. The van der Waals surface area contributed by atoms with E-state index in [0.717, 1.165) is 13.0 Å². The second kappa shape index (κ2) is 4.01. The smallest absolute Gasteiger partial charge is 0.0664 e. The zero-order valence-corrected chi connectivity index (χ0v) is 8.84. The molecule has 0 spiro atoms. The molecule has 0 aliphatic carbocycles. The molecule has 0 bridgehead atoms. The van der Waals surface area contributed by atoms with E-state index in [1.807, 2.05) is 0 Å². The summed E-state index contributed by atoms with van der Waals surface area (Å²) in [4.78, 5) is 0. The Morgan fingerprint density at radius 3 is 3.14 bits per heavy atom. The summed E-state index contributed by atoms with van der Waals surface area (Å²) in [7, 11) is 1.76. The van der Waals surface area contributed by atoms with Gasteiger partial charge in [0.2, 0.25) is 0 Å². The van der Waals surface area contributed by atoms with Crippen LogP contribution in [0.5, 0.6) is 0 Å². The number of rotatable bonds is 2. The minimum Gasteiger partial charge on any atom is -0.383 e. The Kier molecular flexibility index (Phi) is 2.73. The monoisotopic (exact) mass is 191 g/mol. The Labute approximate surface area is 85.3 Å². The van der Waals surface area contributed by atoms with E-state index in [0.29, 0.717) is 6.04 Å². The van der Waals surface area contributed by atoms with Crippen LogP contribution >= 0.6 is 0 Å². The molecule has 0 saturated carbocycles. The number of benzene rings is 1. The third-order valence-electron chi connectivity index (χ3n) is 2.75. The van der Waals surface area contributed by atoms with E-state index in [-0.39, 0.29) is 0 Å². The number of hydrogen-bond donors (Lipinski definition) is 1. The van der Waals surface area contributed by atoms with E-state index < -0.39 is 0 Å². The molecule has 1 aromatic carbocycles. The van der Waals surface area contributed by atoms with E-state index >= 15 is 0 Å². The fraction of sp³-hybridized carbons (Fsp3) is 0.500. The number of ether oxygens (including phenoxy) is 1. The summed E-state index contributed by atoms with van der Waals surface area (Å²) in [6.45, 7) is 2.93. The van der Waals surface area contributed by atoms with Gasteiger partial charge in [-0.25, -0.2) is 0 Å².